The first kappa shape index (κ1) is 13.8. The van der Waals surface area contributed by atoms with Crippen LogP contribution in [0.5, 0.6) is 0 Å². The third kappa shape index (κ3) is 3.02. The van der Waals surface area contributed by atoms with Gasteiger partial charge in [-0.1, -0.05) is 30.0 Å². The summed E-state index contributed by atoms with van der Waals surface area (Å²) in [5.74, 6) is -0.689. The quantitative estimate of drug-likeness (QED) is 0.369. The van der Waals surface area contributed by atoms with Crippen molar-refractivity contribution in [1.29, 1.82) is 0 Å². The van der Waals surface area contributed by atoms with E-state index in [1.165, 1.54) is 17.2 Å². The Bertz CT molecular complexity index is 675. The molecule has 0 fully saturated rings. The van der Waals surface area contributed by atoms with Gasteiger partial charge in [0.15, 0.2) is 0 Å². The molecular weight excluding hydrogens is 278 g/mol. The molecule has 0 saturated carbocycles. The van der Waals surface area contributed by atoms with Crippen molar-refractivity contribution in [3.63, 3.8) is 0 Å². The number of benzene rings is 1. The van der Waals surface area contributed by atoms with E-state index in [0.29, 0.717) is 5.16 Å². The summed E-state index contributed by atoms with van der Waals surface area (Å²) in [5, 5.41) is 13.1. The highest BCUT2D eigenvalue weighted by molar-refractivity contribution is 8.02. The zero-order valence-corrected chi connectivity index (χ0v) is 11.2. The molecule has 1 heterocycles. The fraction of sp³-hybridized carbons (Fsp3) is 0.0833. The standard InChI is InChI=1S/C12H9N5O2S/c1-13-10(11(18)19-2)8-20-12-14-15-16-17(12)9-6-4-3-5-7-9/h3-8H,2H3. The van der Waals surface area contributed by atoms with Crippen LogP contribution < -0.4 is 0 Å². The molecule has 2 aromatic rings. The molecule has 1 aromatic carbocycles. The number of rotatable bonds is 4. The Hall–Kier alpha value is -2.66. The normalized spacial score (nSPS) is 10.9. The van der Waals surface area contributed by atoms with Gasteiger partial charge in [-0.15, -0.1) is 5.10 Å². The number of tetrazole rings is 1. The van der Waals surface area contributed by atoms with Crippen molar-refractivity contribution in [2.24, 2.45) is 0 Å². The topological polar surface area (TPSA) is 74.3 Å². The van der Waals surface area contributed by atoms with Crippen LogP contribution in [0, 0.1) is 6.57 Å². The summed E-state index contributed by atoms with van der Waals surface area (Å²) in [4.78, 5) is 14.4. The van der Waals surface area contributed by atoms with Crippen molar-refractivity contribution < 1.29 is 9.53 Å². The Morgan fingerprint density at radius 1 is 1.45 bits per heavy atom. The Kier molecular flexibility index (Phi) is 4.47. The van der Waals surface area contributed by atoms with Gasteiger partial charge in [0.25, 0.3) is 5.70 Å². The number of thioether (sulfide) groups is 1. The largest absolute Gasteiger partial charge is 0.474 e. The number of carbonyl (C=O) groups excluding carboxylic acids is 1. The van der Waals surface area contributed by atoms with Crippen LogP contribution in [0.15, 0.2) is 46.6 Å². The van der Waals surface area contributed by atoms with Crippen LogP contribution in [0.3, 0.4) is 0 Å². The average molecular weight is 287 g/mol. The van der Waals surface area contributed by atoms with E-state index in [1.54, 1.807) is 0 Å². The molecule has 0 radical (unpaired) electrons. The lowest BCUT2D eigenvalue weighted by Crippen LogP contribution is -2.01. The molecule has 7 nitrogen and oxygen atoms in total. The van der Waals surface area contributed by atoms with Crippen LogP contribution in [-0.2, 0) is 9.53 Å². The second kappa shape index (κ2) is 6.49. The first-order chi connectivity index (χ1) is 9.76. The van der Waals surface area contributed by atoms with Crippen molar-refractivity contribution in [3.05, 3.63) is 52.9 Å². The maximum absolute atomic E-state index is 11.3. The summed E-state index contributed by atoms with van der Waals surface area (Å²) in [6.45, 7) is 6.92. The van der Waals surface area contributed by atoms with Crippen LogP contribution in [0.1, 0.15) is 0 Å². The van der Waals surface area contributed by atoms with Gasteiger partial charge >= 0.3 is 5.97 Å². The van der Waals surface area contributed by atoms with E-state index in [9.17, 15) is 4.79 Å². The molecule has 0 unspecified atom stereocenters. The molecule has 0 saturated heterocycles. The fourth-order valence-electron chi connectivity index (χ4n) is 1.32. The van der Waals surface area contributed by atoms with Crippen molar-refractivity contribution in [1.82, 2.24) is 20.2 Å². The predicted octanol–water partition coefficient (Wildman–Crippen LogP) is 1.69. The van der Waals surface area contributed by atoms with E-state index in [-0.39, 0.29) is 5.70 Å². The number of aromatic nitrogens is 4. The van der Waals surface area contributed by atoms with Crippen LogP contribution in [-0.4, -0.2) is 33.3 Å². The van der Waals surface area contributed by atoms with Crippen LogP contribution in [0.25, 0.3) is 10.5 Å². The van der Waals surface area contributed by atoms with E-state index in [4.69, 9.17) is 6.57 Å². The van der Waals surface area contributed by atoms with Gasteiger partial charge in [0, 0.05) is 0 Å². The summed E-state index contributed by atoms with van der Waals surface area (Å²) >= 11 is 1.08. The molecule has 1 aromatic heterocycles. The molecular formula is C12H9N5O2S. The van der Waals surface area contributed by atoms with Gasteiger partial charge in [-0.25, -0.2) is 4.85 Å². The summed E-state index contributed by atoms with van der Waals surface area (Å²) in [6, 6.07) is 9.30. The number of hydrogen-bond donors (Lipinski definition) is 0. The van der Waals surface area contributed by atoms with Crippen molar-refractivity contribution in [3.8, 4) is 5.69 Å². The molecule has 8 heteroatoms. The molecule has 0 atom stereocenters. The molecule has 0 aliphatic rings. The number of esters is 1. The second-order valence-electron chi connectivity index (χ2n) is 3.43. The van der Waals surface area contributed by atoms with Gasteiger partial charge < -0.3 is 4.74 Å². The van der Waals surface area contributed by atoms with Crippen LogP contribution in [0.2, 0.25) is 0 Å². The maximum Gasteiger partial charge on any atom is 0.336 e. The highest BCUT2D eigenvalue weighted by Gasteiger charge is 2.12. The van der Waals surface area contributed by atoms with Crippen molar-refractivity contribution >= 4 is 17.7 Å². The fourth-order valence-corrected chi connectivity index (χ4v) is 2.01. The SMILES string of the molecule is [C-]#[N+]C(=CSc1nnnn1-c1ccccc1)C(=O)OC. The third-order valence-electron chi connectivity index (χ3n) is 2.23. The number of ether oxygens (including phenoxy) is 1. The summed E-state index contributed by atoms with van der Waals surface area (Å²) in [7, 11) is 1.22. The number of carbonyl (C=O) groups is 1. The van der Waals surface area contributed by atoms with E-state index >= 15 is 0 Å². The monoisotopic (exact) mass is 287 g/mol. The number of nitrogens with zero attached hydrogens (tertiary/aromatic N) is 5. The van der Waals surface area contributed by atoms with Crippen molar-refractivity contribution in [2.45, 2.75) is 5.16 Å². The minimum atomic E-state index is -0.689. The second-order valence-corrected chi connectivity index (χ2v) is 4.27. The summed E-state index contributed by atoms with van der Waals surface area (Å²) in [5.41, 5.74) is 0.663. The molecule has 0 amide bonds. The molecule has 2 rings (SSSR count). The molecule has 0 aliphatic heterocycles. The lowest BCUT2D eigenvalue weighted by molar-refractivity contribution is -0.135. The Labute approximate surface area is 119 Å². The van der Waals surface area contributed by atoms with E-state index in [1.807, 2.05) is 30.3 Å². The van der Waals surface area contributed by atoms with Crippen molar-refractivity contribution in [2.75, 3.05) is 7.11 Å². The highest BCUT2D eigenvalue weighted by Crippen LogP contribution is 2.21. The minimum absolute atomic E-state index is 0.125. The lowest BCUT2D eigenvalue weighted by Gasteiger charge is -2.01. The third-order valence-corrected chi connectivity index (χ3v) is 3.04. The van der Waals surface area contributed by atoms with E-state index in [2.05, 4.69) is 25.1 Å². The van der Waals surface area contributed by atoms with E-state index < -0.39 is 5.97 Å². The first-order valence-corrected chi connectivity index (χ1v) is 6.30. The van der Waals surface area contributed by atoms with Gasteiger partial charge in [0.1, 0.15) is 0 Å². The van der Waals surface area contributed by atoms with Gasteiger partial charge in [-0.2, -0.15) is 4.68 Å². The number of para-hydroxylation sites is 1. The molecule has 0 N–H and O–H groups in total. The van der Waals surface area contributed by atoms with Crippen LogP contribution in [0.4, 0.5) is 0 Å². The molecule has 0 bridgehead atoms. The number of hydrogen-bond acceptors (Lipinski definition) is 6. The Morgan fingerprint density at radius 3 is 2.85 bits per heavy atom. The van der Waals surface area contributed by atoms with Gasteiger partial charge in [0.2, 0.25) is 5.16 Å². The first-order valence-electron chi connectivity index (χ1n) is 5.42. The number of methoxy groups -OCH3 is 1. The smallest absolute Gasteiger partial charge is 0.336 e. The summed E-state index contributed by atoms with van der Waals surface area (Å²) in [6.07, 6.45) is 0. The maximum atomic E-state index is 11.3. The zero-order valence-electron chi connectivity index (χ0n) is 10.4. The van der Waals surface area contributed by atoms with Crippen LogP contribution >= 0.6 is 11.8 Å². The minimum Gasteiger partial charge on any atom is -0.474 e. The Morgan fingerprint density at radius 2 is 2.20 bits per heavy atom. The molecule has 20 heavy (non-hydrogen) atoms. The highest BCUT2D eigenvalue weighted by atomic mass is 32.2. The van der Waals surface area contributed by atoms with Gasteiger partial charge in [-0.05, 0) is 28.0 Å². The van der Waals surface area contributed by atoms with Gasteiger partial charge in [0.05, 0.1) is 19.4 Å². The lowest BCUT2D eigenvalue weighted by atomic mass is 10.3. The van der Waals surface area contributed by atoms with Gasteiger partial charge in [-0.3, -0.25) is 4.79 Å². The average Bonchev–Trinajstić information content (AvgIpc) is 2.97. The molecule has 0 spiro atoms. The zero-order chi connectivity index (χ0) is 14.4. The van der Waals surface area contributed by atoms with E-state index in [0.717, 1.165) is 17.4 Å². The molecule has 100 valence electrons. The Balaban J connectivity index is 2.24. The summed E-state index contributed by atoms with van der Waals surface area (Å²) < 4.78 is 6.01. The molecule has 0 aliphatic carbocycles. The predicted molar refractivity (Wildman–Crippen MR) is 71.7 cm³/mol.